The molecule has 0 spiro atoms. The minimum absolute atomic E-state index is 0.0597. The van der Waals surface area contributed by atoms with Crippen molar-refractivity contribution >= 4 is 16.0 Å². The van der Waals surface area contributed by atoms with Crippen LogP contribution in [0.5, 0.6) is 11.5 Å². The first-order valence-corrected chi connectivity index (χ1v) is 9.00. The molecule has 0 atom stereocenters. The molecule has 0 aliphatic rings. The third kappa shape index (κ3) is 5.47. The van der Waals surface area contributed by atoms with Gasteiger partial charge in [-0.05, 0) is 55.0 Å². The van der Waals surface area contributed by atoms with Crippen LogP contribution in [0.15, 0.2) is 53.4 Å². The predicted molar refractivity (Wildman–Crippen MR) is 91.2 cm³/mol. The summed E-state index contributed by atoms with van der Waals surface area (Å²) in [6.45, 7) is 0.210. The topological polar surface area (TPSA) is 102 Å². The highest BCUT2D eigenvalue weighted by atomic mass is 32.2. The zero-order chi connectivity index (χ0) is 18.3. The molecular weight excluding hydrogens is 346 g/mol. The van der Waals surface area contributed by atoms with Crippen molar-refractivity contribution in [1.82, 2.24) is 4.72 Å². The van der Waals surface area contributed by atoms with Crippen LogP contribution in [0.2, 0.25) is 0 Å². The first-order valence-electron chi connectivity index (χ1n) is 7.52. The molecule has 0 aromatic heterocycles. The van der Waals surface area contributed by atoms with Gasteiger partial charge >= 0.3 is 5.97 Å². The molecule has 2 aromatic carbocycles. The van der Waals surface area contributed by atoms with Crippen LogP contribution < -0.4 is 9.46 Å². The van der Waals surface area contributed by atoms with Crippen molar-refractivity contribution in [3.8, 4) is 11.5 Å². The third-order valence-corrected chi connectivity index (χ3v) is 4.80. The maximum atomic E-state index is 12.1. The first kappa shape index (κ1) is 18.8. The molecule has 2 N–H and O–H groups in total. The Morgan fingerprint density at radius 3 is 2.32 bits per heavy atom. The number of sulfonamides is 1. The second kappa shape index (κ2) is 8.50. The van der Waals surface area contributed by atoms with E-state index in [1.165, 1.54) is 43.5 Å². The maximum absolute atomic E-state index is 12.1. The maximum Gasteiger partial charge on any atom is 0.338 e. The highest BCUT2D eigenvalue weighted by Gasteiger charge is 2.13. The zero-order valence-corrected chi connectivity index (χ0v) is 14.5. The summed E-state index contributed by atoms with van der Waals surface area (Å²) >= 11 is 0. The van der Waals surface area contributed by atoms with Crippen molar-refractivity contribution in [1.29, 1.82) is 0 Å². The number of methoxy groups -OCH3 is 1. The van der Waals surface area contributed by atoms with Gasteiger partial charge in [0.2, 0.25) is 10.0 Å². The lowest BCUT2D eigenvalue weighted by molar-refractivity contribution is 0.0502. The van der Waals surface area contributed by atoms with Gasteiger partial charge in [-0.1, -0.05) is 0 Å². The molecule has 2 aromatic rings. The number of phenolic OH excluding ortho intramolecular Hbond substituents is 1. The van der Waals surface area contributed by atoms with Gasteiger partial charge < -0.3 is 14.6 Å². The van der Waals surface area contributed by atoms with Gasteiger partial charge in [-0.2, -0.15) is 0 Å². The summed E-state index contributed by atoms with van der Waals surface area (Å²) < 4.78 is 36.7. The van der Waals surface area contributed by atoms with Crippen molar-refractivity contribution < 1.29 is 27.8 Å². The van der Waals surface area contributed by atoms with Crippen molar-refractivity contribution in [2.24, 2.45) is 0 Å². The molecule has 0 fully saturated rings. The minimum Gasteiger partial charge on any atom is -0.508 e. The molecule has 0 radical (unpaired) electrons. The van der Waals surface area contributed by atoms with Gasteiger partial charge in [-0.3, -0.25) is 0 Å². The standard InChI is InChI=1S/C17H19NO6S/c1-23-15-7-9-16(10-8-15)25(21,22)18-11-2-12-24-17(20)13-3-5-14(19)6-4-13/h3-10,18-19H,2,11-12H2,1H3. The lowest BCUT2D eigenvalue weighted by Gasteiger charge is -2.08. The molecule has 2 rings (SSSR count). The van der Waals surface area contributed by atoms with Crippen LogP contribution in [0.4, 0.5) is 0 Å². The number of rotatable bonds is 8. The van der Waals surface area contributed by atoms with Gasteiger partial charge in [0.05, 0.1) is 24.2 Å². The van der Waals surface area contributed by atoms with Crippen LogP contribution in [0.1, 0.15) is 16.8 Å². The van der Waals surface area contributed by atoms with Crippen molar-refractivity contribution in [3.05, 3.63) is 54.1 Å². The van der Waals surface area contributed by atoms with Gasteiger partial charge in [0, 0.05) is 6.54 Å². The van der Waals surface area contributed by atoms with Gasteiger partial charge in [0.15, 0.2) is 0 Å². The average molecular weight is 365 g/mol. The Balaban J connectivity index is 1.76. The van der Waals surface area contributed by atoms with E-state index in [1.54, 1.807) is 12.1 Å². The number of carbonyl (C=O) groups excluding carboxylic acids is 1. The zero-order valence-electron chi connectivity index (χ0n) is 13.6. The normalized spacial score (nSPS) is 11.1. The summed E-state index contributed by atoms with van der Waals surface area (Å²) in [7, 11) is -2.12. The third-order valence-electron chi connectivity index (χ3n) is 3.32. The number of hydrogen-bond acceptors (Lipinski definition) is 6. The molecule has 7 nitrogen and oxygen atoms in total. The molecule has 134 valence electrons. The summed E-state index contributed by atoms with van der Waals surface area (Å²) in [6, 6.07) is 11.7. The summed E-state index contributed by atoms with van der Waals surface area (Å²) in [4.78, 5) is 11.9. The molecule has 0 saturated carbocycles. The highest BCUT2D eigenvalue weighted by molar-refractivity contribution is 7.89. The summed E-state index contributed by atoms with van der Waals surface area (Å²) in [5, 5.41) is 9.16. The van der Waals surface area contributed by atoms with Crippen molar-refractivity contribution in [2.75, 3.05) is 20.3 Å². The smallest absolute Gasteiger partial charge is 0.338 e. The molecule has 0 bridgehead atoms. The molecule has 25 heavy (non-hydrogen) atoms. The highest BCUT2D eigenvalue weighted by Crippen LogP contribution is 2.15. The Morgan fingerprint density at radius 2 is 1.72 bits per heavy atom. The van der Waals surface area contributed by atoms with E-state index in [0.29, 0.717) is 17.7 Å². The molecule has 8 heteroatoms. The van der Waals surface area contributed by atoms with Gasteiger partial charge in [-0.15, -0.1) is 0 Å². The quantitative estimate of drug-likeness (QED) is 0.547. The van der Waals surface area contributed by atoms with E-state index < -0.39 is 16.0 Å². The van der Waals surface area contributed by atoms with Crippen LogP contribution >= 0.6 is 0 Å². The van der Waals surface area contributed by atoms with Crippen LogP contribution in [0.25, 0.3) is 0 Å². The Labute approximate surface area is 146 Å². The molecule has 0 heterocycles. The first-order chi connectivity index (χ1) is 11.9. The van der Waals surface area contributed by atoms with E-state index in [1.807, 2.05) is 0 Å². The lowest BCUT2D eigenvalue weighted by atomic mass is 10.2. The molecule has 0 amide bonds. The second-order valence-electron chi connectivity index (χ2n) is 5.11. The number of nitrogens with one attached hydrogen (secondary N) is 1. The van der Waals surface area contributed by atoms with E-state index in [9.17, 15) is 13.2 Å². The second-order valence-corrected chi connectivity index (χ2v) is 6.88. The van der Waals surface area contributed by atoms with Crippen LogP contribution in [-0.4, -0.2) is 39.8 Å². The van der Waals surface area contributed by atoms with E-state index in [-0.39, 0.29) is 23.8 Å². The monoisotopic (exact) mass is 365 g/mol. The molecule has 0 saturated heterocycles. The number of benzene rings is 2. The van der Waals surface area contributed by atoms with Gasteiger partial charge in [0.25, 0.3) is 0 Å². The number of esters is 1. The predicted octanol–water partition coefficient (Wildman–Crippen LogP) is 1.93. The van der Waals surface area contributed by atoms with Crippen LogP contribution in [-0.2, 0) is 14.8 Å². The van der Waals surface area contributed by atoms with Gasteiger partial charge in [-0.25, -0.2) is 17.9 Å². The number of aromatic hydroxyl groups is 1. The Kier molecular flexibility index (Phi) is 6.37. The molecule has 0 aliphatic heterocycles. The number of carbonyl (C=O) groups is 1. The summed E-state index contributed by atoms with van der Waals surface area (Å²) in [5.74, 6) is 0.0996. The lowest BCUT2D eigenvalue weighted by Crippen LogP contribution is -2.25. The summed E-state index contributed by atoms with van der Waals surface area (Å²) in [6.07, 6.45) is 0.333. The molecular formula is C17H19NO6S. The largest absolute Gasteiger partial charge is 0.508 e. The van der Waals surface area contributed by atoms with Crippen LogP contribution in [0, 0.1) is 0 Å². The molecule has 0 unspecified atom stereocenters. The van der Waals surface area contributed by atoms with E-state index in [2.05, 4.69) is 4.72 Å². The fourth-order valence-electron chi connectivity index (χ4n) is 1.96. The Bertz CT molecular complexity index is 800. The van der Waals surface area contributed by atoms with Crippen molar-refractivity contribution in [2.45, 2.75) is 11.3 Å². The Hall–Kier alpha value is -2.58. The van der Waals surface area contributed by atoms with E-state index in [4.69, 9.17) is 14.6 Å². The minimum atomic E-state index is -3.62. The van der Waals surface area contributed by atoms with E-state index >= 15 is 0 Å². The molecule has 0 aliphatic carbocycles. The Morgan fingerprint density at radius 1 is 1.08 bits per heavy atom. The SMILES string of the molecule is COc1ccc(S(=O)(=O)NCCCOC(=O)c2ccc(O)cc2)cc1. The summed E-state index contributed by atoms with van der Waals surface area (Å²) in [5.41, 5.74) is 0.316. The number of ether oxygens (including phenoxy) is 2. The van der Waals surface area contributed by atoms with E-state index in [0.717, 1.165) is 0 Å². The van der Waals surface area contributed by atoms with Crippen LogP contribution in [0.3, 0.4) is 0 Å². The van der Waals surface area contributed by atoms with Crippen molar-refractivity contribution in [3.63, 3.8) is 0 Å². The average Bonchev–Trinajstić information content (AvgIpc) is 2.62. The fourth-order valence-corrected chi connectivity index (χ4v) is 3.04. The number of phenols is 1. The number of hydrogen-bond donors (Lipinski definition) is 2. The van der Waals surface area contributed by atoms with Gasteiger partial charge in [0.1, 0.15) is 11.5 Å². The fraction of sp³-hybridized carbons (Fsp3) is 0.235.